The number of ketones is 1. The highest BCUT2D eigenvalue weighted by molar-refractivity contribution is 9.09. The van der Waals surface area contributed by atoms with E-state index in [9.17, 15) is 9.59 Å². The number of Topliss-reactive ketones (excluding diaryl/α,β-unsaturated/α-hetero) is 1. The standard InChI is InChI=1S/C16H20BrNO3/c1-12-7-8-18(10-14(12)15(19)9-17)16(20)21-11-13-5-3-2-4-6-13/h2-6,12,14H,7-11H2,1H3. The highest BCUT2D eigenvalue weighted by atomic mass is 79.9. The fourth-order valence-corrected chi connectivity index (χ4v) is 2.98. The van der Waals surface area contributed by atoms with Gasteiger partial charge in [0.25, 0.3) is 0 Å². The Bertz CT molecular complexity index is 492. The van der Waals surface area contributed by atoms with Gasteiger partial charge in [-0.15, -0.1) is 0 Å². The molecule has 1 aromatic rings. The first kappa shape index (κ1) is 16.0. The van der Waals surface area contributed by atoms with E-state index in [-0.39, 0.29) is 24.4 Å². The van der Waals surface area contributed by atoms with Crippen molar-refractivity contribution < 1.29 is 14.3 Å². The minimum atomic E-state index is -0.335. The van der Waals surface area contributed by atoms with Crippen LogP contribution in [0.25, 0.3) is 0 Å². The summed E-state index contributed by atoms with van der Waals surface area (Å²) in [5.74, 6) is 0.374. The zero-order valence-corrected chi connectivity index (χ0v) is 13.7. The van der Waals surface area contributed by atoms with Gasteiger partial charge in [0.1, 0.15) is 12.4 Å². The molecule has 2 atom stereocenters. The molecule has 1 amide bonds. The molecular formula is C16H20BrNO3. The molecule has 0 N–H and O–H groups in total. The Morgan fingerprint density at radius 3 is 2.71 bits per heavy atom. The molecule has 21 heavy (non-hydrogen) atoms. The number of amides is 1. The summed E-state index contributed by atoms with van der Waals surface area (Å²) in [4.78, 5) is 25.7. The average Bonchev–Trinajstić information content (AvgIpc) is 2.53. The van der Waals surface area contributed by atoms with Gasteiger partial charge in [0.05, 0.1) is 5.33 Å². The first-order valence-electron chi connectivity index (χ1n) is 7.16. The summed E-state index contributed by atoms with van der Waals surface area (Å²) in [6.45, 7) is 3.45. The number of hydrogen-bond acceptors (Lipinski definition) is 3. The summed E-state index contributed by atoms with van der Waals surface area (Å²) in [6, 6.07) is 9.59. The molecule has 5 heteroatoms. The van der Waals surface area contributed by atoms with Crippen molar-refractivity contribution in [2.45, 2.75) is 20.0 Å². The molecule has 0 radical (unpaired) electrons. The van der Waals surface area contributed by atoms with Crippen LogP contribution in [0.15, 0.2) is 30.3 Å². The van der Waals surface area contributed by atoms with Crippen molar-refractivity contribution in [3.63, 3.8) is 0 Å². The number of ether oxygens (including phenoxy) is 1. The van der Waals surface area contributed by atoms with Gasteiger partial charge in [0, 0.05) is 19.0 Å². The Kier molecular flexibility index (Phi) is 5.79. The summed E-state index contributed by atoms with van der Waals surface area (Å²) in [5, 5.41) is 0.342. The third-order valence-corrected chi connectivity index (χ3v) is 4.52. The SMILES string of the molecule is CC1CCN(C(=O)OCc2ccccc2)CC1C(=O)CBr. The molecule has 4 nitrogen and oxygen atoms in total. The van der Waals surface area contributed by atoms with Crippen LogP contribution in [-0.2, 0) is 16.1 Å². The number of likely N-dealkylation sites (tertiary alicyclic amines) is 1. The Hall–Kier alpha value is -1.36. The van der Waals surface area contributed by atoms with E-state index >= 15 is 0 Å². The monoisotopic (exact) mass is 353 g/mol. The Morgan fingerprint density at radius 1 is 1.33 bits per heavy atom. The summed E-state index contributed by atoms with van der Waals surface area (Å²) in [7, 11) is 0. The van der Waals surface area contributed by atoms with Crippen molar-refractivity contribution in [1.82, 2.24) is 4.90 Å². The zero-order chi connectivity index (χ0) is 15.2. The van der Waals surface area contributed by atoms with E-state index in [1.54, 1.807) is 4.90 Å². The van der Waals surface area contributed by atoms with Gasteiger partial charge in [-0.2, -0.15) is 0 Å². The van der Waals surface area contributed by atoms with Crippen molar-refractivity contribution >= 4 is 27.8 Å². The Morgan fingerprint density at radius 2 is 2.05 bits per heavy atom. The zero-order valence-electron chi connectivity index (χ0n) is 12.1. The summed E-state index contributed by atoms with van der Waals surface area (Å²) in [6.07, 6.45) is 0.502. The minimum absolute atomic E-state index is 0.0950. The molecule has 2 rings (SSSR count). The third-order valence-electron chi connectivity index (χ3n) is 3.97. The van der Waals surface area contributed by atoms with Crippen molar-refractivity contribution in [2.75, 3.05) is 18.4 Å². The summed E-state index contributed by atoms with van der Waals surface area (Å²) >= 11 is 3.21. The molecule has 1 aliphatic heterocycles. The van der Waals surface area contributed by atoms with Crippen LogP contribution >= 0.6 is 15.9 Å². The lowest BCUT2D eigenvalue weighted by molar-refractivity contribution is -0.123. The molecule has 0 spiro atoms. The van der Waals surface area contributed by atoms with Gasteiger partial charge in [-0.25, -0.2) is 4.79 Å². The number of alkyl halides is 1. The first-order chi connectivity index (χ1) is 10.1. The number of rotatable bonds is 4. The van der Waals surface area contributed by atoms with Gasteiger partial charge < -0.3 is 9.64 Å². The van der Waals surface area contributed by atoms with Crippen molar-refractivity contribution in [3.05, 3.63) is 35.9 Å². The molecule has 1 aromatic carbocycles. The average molecular weight is 354 g/mol. The number of nitrogens with zero attached hydrogens (tertiary/aromatic N) is 1. The van der Waals surface area contributed by atoms with E-state index in [0.717, 1.165) is 12.0 Å². The number of carbonyl (C=O) groups excluding carboxylic acids is 2. The Labute approximate surface area is 133 Å². The second-order valence-electron chi connectivity index (χ2n) is 5.46. The van der Waals surface area contributed by atoms with Crippen LogP contribution in [0.4, 0.5) is 4.79 Å². The quantitative estimate of drug-likeness (QED) is 0.780. The molecule has 1 saturated heterocycles. The van der Waals surface area contributed by atoms with Gasteiger partial charge in [0.2, 0.25) is 0 Å². The largest absolute Gasteiger partial charge is 0.445 e. The number of piperidine rings is 1. The van der Waals surface area contributed by atoms with E-state index in [2.05, 4.69) is 22.9 Å². The highest BCUT2D eigenvalue weighted by Gasteiger charge is 2.33. The molecule has 0 aliphatic carbocycles. The lowest BCUT2D eigenvalue weighted by Gasteiger charge is -2.35. The minimum Gasteiger partial charge on any atom is -0.445 e. The fraction of sp³-hybridized carbons (Fsp3) is 0.500. The van der Waals surface area contributed by atoms with Crippen molar-refractivity contribution in [3.8, 4) is 0 Å². The molecule has 1 aliphatic rings. The van der Waals surface area contributed by atoms with E-state index in [0.29, 0.717) is 24.3 Å². The molecular weight excluding hydrogens is 334 g/mol. The van der Waals surface area contributed by atoms with Crippen LogP contribution in [0.1, 0.15) is 18.9 Å². The van der Waals surface area contributed by atoms with Gasteiger partial charge in [-0.05, 0) is 17.9 Å². The van der Waals surface area contributed by atoms with Crippen LogP contribution < -0.4 is 0 Å². The molecule has 1 fully saturated rings. The van der Waals surface area contributed by atoms with Crippen molar-refractivity contribution in [1.29, 1.82) is 0 Å². The molecule has 0 bridgehead atoms. The lowest BCUT2D eigenvalue weighted by Crippen LogP contribution is -2.46. The molecule has 2 unspecified atom stereocenters. The second-order valence-corrected chi connectivity index (χ2v) is 6.02. The number of benzene rings is 1. The van der Waals surface area contributed by atoms with Gasteiger partial charge >= 0.3 is 6.09 Å². The van der Waals surface area contributed by atoms with E-state index in [1.165, 1.54) is 0 Å². The second kappa shape index (κ2) is 7.59. The molecule has 0 aromatic heterocycles. The topological polar surface area (TPSA) is 46.6 Å². The van der Waals surface area contributed by atoms with Gasteiger partial charge in [0.15, 0.2) is 0 Å². The maximum absolute atomic E-state index is 12.1. The lowest BCUT2D eigenvalue weighted by atomic mass is 9.85. The summed E-state index contributed by atoms with van der Waals surface area (Å²) < 4.78 is 5.33. The smallest absolute Gasteiger partial charge is 0.410 e. The predicted molar refractivity (Wildman–Crippen MR) is 84.3 cm³/mol. The normalized spacial score (nSPS) is 21.9. The highest BCUT2D eigenvalue weighted by Crippen LogP contribution is 2.25. The molecule has 1 heterocycles. The van der Waals surface area contributed by atoms with E-state index in [1.807, 2.05) is 30.3 Å². The van der Waals surface area contributed by atoms with Crippen LogP contribution in [0.2, 0.25) is 0 Å². The maximum atomic E-state index is 12.1. The van der Waals surface area contributed by atoms with Gasteiger partial charge in [-0.3, -0.25) is 4.79 Å². The van der Waals surface area contributed by atoms with Crippen LogP contribution in [0, 0.1) is 11.8 Å². The van der Waals surface area contributed by atoms with Crippen LogP contribution in [-0.4, -0.2) is 35.2 Å². The first-order valence-corrected chi connectivity index (χ1v) is 8.28. The third kappa shape index (κ3) is 4.30. The van der Waals surface area contributed by atoms with E-state index < -0.39 is 0 Å². The molecule has 114 valence electrons. The van der Waals surface area contributed by atoms with Gasteiger partial charge in [-0.1, -0.05) is 53.2 Å². The maximum Gasteiger partial charge on any atom is 0.410 e. The number of halogens is 1. The van der Waals surface area contributed by atoms with E-state index in [4.69, 9.17) is 4.74 Å². The number of carbonyl (C=O) groups is 2. The fourth-order valence-electron chi connectivity index (χ4n) is 2.56. The summed E-state index contributed by atoms with van der Waals surface area (Å²) in [5.41, 5.74) is 0.962. The number of hydrogen-bond donors (Lipinski definition) is 0. The van der Waals surface area contributed by atoms with Crippen LogP contribution in [0.5, 0.6) is 0 Å². The van der Waals surface area contributed by atoms with Crippen LogP contribution in [0.3, 0.4) is 0 Å². The molecule has 0 saturated carbocycles. The predicted octanol–water partition coefficient (Wildman–Crippen LogP) is 3.25. The van der Waals surface area contributed by atoms with Crippen molar-refractivity contribution in [2.24, 2.45) is 11.8 Å². The Balaban J connectivity index is 1.89.